The number of aliphatic hydroxyl groups excluding tert-OH is 1. The van der Waals surface area contributed by atoms with Crippen LogP contribution >= 0.6 is 0 Å². The van der Waals surface area contributed by atoms with E-state index in [1.165, 1.54) is 0 Å². The number of piperidine rings is 1. The number of amides is 2. The molecule has 1 saturated heterocycles. The van der Waals surface area contributed by atoms with Crippen molar-refractivity contribution in [2.45, 2.75) is 70.9 Å². The van der Waals surface area contributed by atoms with Gasteiger partial charge in [-0.2, -0.15) is 5.10 Å². The van der Waals surface area contributed by atoms with E-state index >= 15 is 0 Å². The lowest BCUT2D eigenvalue weighted by Crippen LogP contribution is -2.37. The van der Waals surface area contributed by atoms with Gasteiger partial charge >= 0.3 is 6.03 Å². The highest BCUT2D eigenvalue weighted by Gasteiger charge is 2.30. The number of nitrogens with zero attached hydrogens (tertiary/aromatic N) is 6. The van der Waals surface area contributed by atoms with Gasteiger partial charge in [0.1, 0.15) is 17.7 Å². The quantitative estimate of drug-likeness (QED) is 0.184. The van der Waals surface area contributed by atoms with Crippen molar-refractivity contribution in [2.24, 2.45) is 5.92 Å². The third-order valence-electron chi connectivity index (χ3n) is 9.43. The highest BCUT2D eigenvalue weighted by atomic mass is 16.5. The topological polar surface area (TPSA) is 122 Å². The molecule has 0 spiro atoms. The number of carbonyl (C=O) groups is 1. The van der Waals surface area contributed by atoms with Crippen LogP contribution in [0.4, 0.5) is 16.6 Å². The highest BCUT2D eigenvalue weighted by molar-refractivity contribution is 5.89. The number of aliphatic hydroxyl groups is 1. The molecule has 3 atom stereocenters. The summed E-state index contributed by atoms with van der Waals surface area (Å²) in [4.78, 5) is 15.7. The molecular formula is C37H44N8O3. The SMILES string of the molecule is Cc1ccc(-n2nc(C(C)(C)C)cc2NC(=O)N[C@H]2CC[C@@H](Oc3ccc4nnc(N5CCC[C@H](CO)C5)n4c3)c3ccccc32)cc1. The van der Waals surface area contributed by atoms with Gasteiger partial charge in [0.15, 0.2) is 5.65 Å². The molecule has 2 aromatic carbocycles. The van der Waals surface area contributed by atoms with Gasteiger partial charge in [-0.15, -0.1) is 10.2 Å². The number of hydrogen-bond donors (Lipinski definition) is 3. The Balaban J connectivity index is 1.08. The molecule has 11 nitrogen and oxygen atoms in total. The summed E-state index contributed by atoms with van der Waals surface area (Å²) >= 11 is 0. The third-order valence-corrected chi connectivity index (χ3v) is 9.43. The zero-order chi connectivity index (χ0) is 33.4. The van der Waals surface area contributed by atoms with Crippen LogP contribution in [0.3, 0.4) is 0 Å². The number of aryl methyl sites for hydroxylation is 1. The number of aromatic nitrogens is 5. The van der Waals surface area contributed by atoms with Gasteiger partial charge in [0, 0.05) is 31.2 Å². The third kappa shape index (κ3) is 6.47. The minimum absolute atomic E-state index is 0.175. The van der Waals surface area contributed by atoms with E-state index < -0.39 is 0 Å². The second-order valence-corrected chi connectivity index (χ2v) is 14.1. The van der Waals surface area contributed by atoms with Gasteiger partial charge in [0.25, 0.3) is 0 Å². The summed E-state index contributed by atoms with van der Waals surface area (Å²) in [5, 5.41) is 29.7. The fraction of sp³-hybridized carbons (Fsp3) is 0.405. The molecule has 7 rings (SSSR count). The number of anilines is 2. The molecule has 48 heavy (non-hydrogen) atoms. The van der Waals surface area contributed by atoms with Crippen LogP contribution in [0.15, 0.2) is 72.9 Å². The Kier molecular flexibility index (Phi) is 8.55. The van der Waals surface area contributed by atoms with E-state index in [2.05, 4.69) is 58.6 Å². The summed E-state index contributed by atoms with van der Waals surface area (Å²) in [6.45, 7) is 10.2. The molecule has 0 radical (unpaired) electrons. The van der Waals surface area contributed by atoms with E-state index in [0.717, 1.165) is 84.2 Å². The predicted octanol–water partition coefficient (Wildman–Crippen LogP) is 6.51. The molecule has 0 saturated carbocycles. The molecule has 0 bridgehead atoms. The van der Waals surface area contributed by atoms with E-state index in [0.29, 0.717) is 5.82 Å². The molecule has 11 heteroatoms. The van der Waals surface area contributed by atoms with Gasteiger partial charge in [-0.3, -0.25) is 9.72 Å². The number of hydrogen-bond acceptors (Lipinski definition) is 7. The number of ether oxygens (including phenoxy) is 1. The molecule has 250 valence electrons. The minimum atomic E-state index is -0.283. The van der Waals surface area contributed by atoms with Gasteiger partial charge in [0.05, 0.1) is 23.6 Å². The number of benzene rings is 2. The lowest BCUT2D eigenvalue weighted by Gasteiger charge is -2.32. The maximum atomic E-state index is 13.5. The Morgan fingerprint density at radius 3 is 2.56 bits per heavy atom. The Hall–Kier alpha value is -4.90. The summed E-state index contributed by atoms with van der Waals surface area (Å²) in [5.74, 6) is 2.35. The van der Waals surface area contributed by atoms with E-state index in [1.807, 2.05) is 72.1 Å². The predicted molar refractivity (Wildman–Crippen MR) is 186 cm³/mol. The molecule has 0 unspecified atom stereocenters. The van der Waals surface area contributed by atoms with Crippen LogP contribution < -0.4 is 20.3 Å². The van der Waals surface area contributed by atoms with Crippen molar-refractivity contribution < 1.29 is 14.6 Å². The number of urea groups is 1. The van der Waals surface area contributed by atoms with Gasteiger partial charge in [-0.1, -0.05) is 62.7 Å². The highest BCUT2D eigenvalue weighted by Crippen LogP contribution is 2.39. The lowest BCUT2D eigenvalue weighted by molar-refractivity contribution is 0.171. The normalized spacial score (nSPS) is 19.6. The average molecular weight is 649 g/mol. The molecule has 3 aromatic heterocycles. The van der Waals surface area contributed by atoms with Crippen molar-refractivity contribution in [3.63, 3.8) is 0 Å². The standard InChI is InChI=1S/C37H44N8O3/c1-24-11-13-26(14-12-24)45-34(20-32(42-45)37(2,3)4)39-35(47)38-30-16-17-31(29-10-6-5-9-28(29)30)48-27-15-18-33-40-41-36(44(33)22-27)43-19-7-8-25(21-43)23-46/h5-6,9-15,18,20,22,25,30-31,46H,7-8,16-17,19,21,23H2,1-4H3,(H2,38,39,47)/t25-,30-,31+/m0/s1. The molecule has 2 amide bonds. The van der Waals surface area contributed by atoms with E-state index in [-0.39, 0.29) is 36.1 Å². The zero-order valence-electron chi connectivity index (χ0n) is 28.1. The first-order chi connectivity index (χ1) is 23.2. The molecule has 5 aromatic rings. The van der Waals surface area contributed by atoms with Crippen molar-refractivity contribution in [2.75, 3.05) is 29.9 Å². The number of rotatable bonds is 7. The first kappa shape index (κ1) is 31.7. The van der Waals surface area contributed by atoms with Crippen molar-refractivity contribution >= 4 is 23.4 Å². The lowest BCUT2D eigenvalue weighted by atomic mass is 9.85. The molecular weight excluding hydrogens is 604 g/mol. The maximum Gasteiger partial charge on any atom is 0.320 e. The van der Waals surface area contributed by atoms with Crippen molar-refractivity contribution in [1.82, 2.24) is 29.7 Å². The molecule has 3 N–H and O–H groups in total. The van der Waals surface area contributed by atoms with Crippen LogP contribution in [-0.2, 0) is 5.41 Å². The van der Waals surface area contributed by atoms with Crippen molar-refractivity contribution in [3.05, 3.63) is 95.3 Å². The van der Waals surface area contributed by atoms with Gasteiger partial charge in [-0.25, -0.2) is 9.48 Å². The molecule has 2 aliphatic rings. The van der Waals surface area contributed by atoms with Gasteiger partial charge in [0.2, 0.25) is 5.95 Å². The second-order valence-electron chi connectivity index (χ2n) is 14.1. The summed E-state index contributed by atoms with van der Waals surface area (Å²) in [5.41, 5.74) is 5.60. The Morgan fingerprint density at radius 1 is 1.00 bits per heavy atom. The number of pyridine rings is 1. The van der Waals surface area contributed by atoms with E-state index in [4.69, 9.17) is 9.84 Å². The first-order valence-electron chi connectivity index (χ1n) is 16.9. The summed E-state index contributed by atoms with van der Waals surface area (Å²) in [6.07, 6.45) is 5.26. The summed E-state index contributed by atoms with van der Waals surface area (Å²) in [7, 11) is 0. The van der Waals surface area contributed by atoms with Crippen LogP contribution in [0.5, 0.6) is 5.75 Å². The monoisotopic (exact) mass is 648 g/mol. The molecule has 4 heterocycles. The van der Waals surface area contributed by atoms with Crippen molar-refractivity contribution in [1.29, 1.82) is 0 Å². The summed E-state index contributed by atoms with van der Waals surface area (Å²) < 4.78 is 10.4. The first-order valence-corrected chi connectivity index (χ1v) is 16.9. The minimum Gasteiger partial charge on any atom is -0.484 e. The van der Waals surface area contributed by atoms with E-state index in [1.54, 1.807) is 4.68 Å². The Labute approximate surface area is 280 Å². The summed E-state index contributed by atoms with van der Waals surface area (Å²) in [6, 6.07) is 21.6. The number of carbonyl (C=O) groups excluding carboxylic acids is 1. The van der Waals surface area contributed by atoms with Gasteiger partial charge < -0.3 is 20.1 Å². The van der Waals surface area contributed by atoms with Crippen LogP contribution in [0.2, 0.25) is 0 Å². The fourth-order valence-corrected chi connectivity index (χ4v) is 6.76. The maximum absolute atomic E-state index is 13.5. The van der Waals surface area contributed by atoms with Crippen LogP contribution in [0.1, 0.15) is 81.0 Å². The largest absolute Gasteiger partial charge is 0.484 e. The van der Waals surface area contributed by atoms with Crippen LogP contribution in [0, 0.1) is 12.8 Å². The molecule has 1 aliphatic carbocycles. The fourth-order valence-electron chi connectivity index (χ4n) is 6.76. The van der Waals surface area contributed by atoms with Gasteiger partial charge in [-0.05, 0) is 73.9 Å². The Bertz CT molecular complexity index is 1910. The van der Waals surface area contributed by atoms with Crippen molar-refractivity contribution in [3.8, 4) is 11.4 Å². The molecule has 1 aliphatic heterocycles. The van der Waals surface area contributed by atoms with E-state index in [9.17, 15) is 9.90 Å². The smallest absolute Gasteiger partial charge is 0.320 e. The molecule has 1 fully saturated rings. The Morgan fingerprint density at radius 2 is 1.79 bits per heavy atom. The number of nitrogens with one attached hydrogen (secondary N) is 2. The average Bonchev–Trinajstić information content (AvgIpc) is 3.71. The second kappa shape index (κ2) is 13.0. The van der Waals surface area contributed by atoms with Crippen LogP contribution in [0.25, 0.3) is 11.3 Å². The van der Waals surface area contributed by atoms with Crippen LogP contribution in [-0.4, -0.2) is 55.2 Å². The number of fused-ring (bicyclic) bond motifs is 2. The zero-order valence-corrected chi connectivity index (χ0v) is 28.1.